The molecule has 1 saturated heterocycles. The van der Waals surface area contributed by atoms with Gasteiger partial charge in [-0.05, 0) is 84.7 Å². The van der Waals surface area contributed by atoms with E-state index in [1.54, 1.807) is 24.3 Å². The summed E-state index contributed by atoms with van der Waals surface area (Å²) in [5, 5.41) is 10.8. The SMILES string of the molecule is O=C(COC(=O)c1cccc(N2C(=O)C3C4C=CC(C5CC45)C3C2=O)c1)c1ccc(Oc2ccc([N+](=O)[O-])cc2)cc1. The number of esters is 1. The summed E-state index contributed by atoms with van der Waals surface area (Å²) < 4.78 is 10.9. The van der Waals surface area contributed by atoms with Gasteiger partial charge in [-0.25, -0.2) is 9.69 Å². The lowest BCUT2D eigenvalue weighted by atomic mass is 9.63. The van der Waals surface area contributed by atoms with E-state index in [0.29, 0.717) is 34.6 Å². The topological polar surface area (TPSA) is 133 Å². The fraction of sp³-hybridized carbons (Fsp3) is 0.250. The Morgan fingerprint density at radius 1 is 0.833 bits per heavy atom. The number of ether oxygens (including phenoxy) is 2. The zero-order valence-corrected chi connectivity index (χ0v) is 22.1. The monoisotopic (exact) mass is 564 g/mol. The van der Waals surface area contributed by atoms with Crippen molar-refractivity contribution in [3.63, 3.8) is 0 Å². The number of carbonyl (C=O) groups excluding carboxylic acids is 4. The van der Waals surface area contributed by atoms with Gasteiger partial charge in [-0.15, -0.1) is 0 Å². The molecule has 3 aromatic carbocycles. The van der Waals surface area contributed by atoms with Crippen molar-refractivity contribution in [2.45, 2.75) is 6.42 Å². The Bertz CT molecular complexity index is 1640. The number of Topliss-reactive ketones (excluding diaryl/α,β-unsaturated/α-hetero) is 1. The Labute approximate surface area is 239 Å². The summed E-state index contributed by atoms with van der Waals surface area (Å²) in [6.07, 6.45) is 5.30. The Balaban J connectivity index is 0.978. The second kappa shape index (κ2) is 9.76. The lowest BCUT2D eigenvalue weighted by Gasteiger charge is -2.37. The predicted octanol–water partition coefficient (Wildman–Crippen LogP) is 4.98. The number of benzene rings is 3. The van der Waals surface area contributed by atoms with Crippen LogP contribution in [0.5, 0.6) is 11.5 Å². The van der Waals surface area contributed by atoms with E-state index in [4.69, 9.17) is 9.47 Å². The van der Waals surface area contributed by atoms with Crippen LogP contribution in [0, 0.1) is 45.6 Å². The number of nitro benzene ring substituents is 1. The van der Waals surface area contributed by atoms with Crippen molar-refractivity contribution in [3.8, 4) is 11.5 Å². The highest BCUT2D eigenvalue weighted by Crippen LogP contribution is 2.65. The summed E-state index contributed by atoms with van der Waals surface area (Å²) >= 11 is 0. The average molecular weight is 565 g/mol. The van der Waals surface area contributed by atoms with Crippen LogP contribution in [-0.2, 0) is 14.3 Å². The van der Waals surface area contributed by atoms with Crippen molar-refractivity contribution in [2.24, 2.45) is 35.5 Å². The first-order valence-corrected chi connectivity index (χ1v) is 13.7. The Morgan fingerprint density at radius 2 is 1.43 bits per heavy atom. The summed E-state index contributed by atoms with van der Waals surface area (Å²) in [6.45, 7) is -0.505. The van der Waals surface area contributed by atoms with Crippen molar-refractivity contribution in [1.82, 2.24) is 0 Å². The smallest absolute Gasteiger partial charge is 0.338 e. The summed E-state index contributed by atoms with van der Waals surface area (Å²) in [4.78, 5) is 63.8. The fourth-order valence-corrected chi connectivity index (χ4v) is 6.76. The van der Waals surface area contributed by atoms with Gasteiger partial charge in [0.25, 0.3) is 5.69 Å². The minimum Gasteiger partial charge on any atom is -0.457 e. The van der Waals surface area contributed by atoms with E-state index in [2.05, 4.69) is 12.2 Å². The molecule has 5 aliphatic rings. The molecular weight excluding hydrogens is 540 g/mol. The Hall–Kier alpha value is -5.12. The number of amides is 2. The molecule has 10 nitrogen and oxygen atoms in total. The molecular formula is C32H24N2O8. The van der Waals surface area contributed by atoms with Gasteiger partial charge in [-0.1, -0.05) is 18.2 Å². The summed E-state index contributed by atoms with van der Waals surface area (Å²) in [6, 6.07) is 17.9. The summed E-state index contributed by atoms with van der Waals surface area (Å²) in [7, 11) is 0. The van der Waals surface area contributed by atoms with Gasteiger partial charge in [-0.3, -0.25) is 24.5 Å². The number of ketones is 1. The number of anilines is 1. The van der Waals surface area contributed by atoms with Crippen molar-refractivity contribution in [2.75, 3.05) is 11.5 Å². The maximum Gasteiger partial charge on any atom is 0.338 e. The molecule has 1 heterocycles. The van der Waals surface area contributed by atoms with E-state index >= 15 is 0 Å². The number of nitro groups is 1. The largest absolute Gasteiger partial charge is 0.457 e. The van der Waals surface area contributed by atoms with Gasteiger partial charge < -0.3 is 9.47 Å². The van der Waals surface area contributed by atoms with Crippen molar-refractivity contribution >= 4 is 34.9 Å². The second-order valence-electron chi connectivity index (χ2n) is 11.1. The van der Waals surface area contributed by atoms with Gasteiger partial charge in [0.15, 0.2) is 12.4 Å². The number of rotatable bonds is 8. The minimum absolute atomic E-state index is 0.0549. The first-order valence-electron chi connectivity index (χ1n) is 13.7. The minimum atomic E-state index is -0.747. The van der Waals surface area contributed by atoms with Crippen LogP contribution in [0.2, 0.25) is 0 Å². The lowest BCUT2D eigenvalue weighted by Crippen LogP contribution is -2.40. The van der Waals surface area contributed by atoms with E-state index in [-0.39, 0.29) is 46.7 Å². The third kappa shape index (κ3) is 4.27. The van der Waals surface area contributed by atoms with Gasteiger partial charge in [0.1, 0.15) is 11.5 Å². The molecule has 210 valence electrons. The molecule has 6 unspecified atom stereocenters. The van der Waals surface area contributed by atoms with Crippen molar-refractivity contribution < 1.29 is 33.6 Å². The van der Waals surface area contributed by atoms with Crippen LogP contribution in [0.25, 0.3) is 0 Å². The van der Waals surface area contributed by atoms with Gasteiger partial charge >= 0.3 is 5.97 Å². The highest BCUT2D eigenvalue weighted by molar-refractivity contribution is 6.23. The van der Waals surface area contributed by atoms with Gasteiger partial charge in [0, 0.05) is 17.7 Å². The second-order valence-corrected chi connectivity index (χ2v) is 11.1. The lowest BCUT2D eigenvalue weighted by molar-refractivity contribution is -0.384. The fourth-order valence-electron chi connectivity index (χ4n) is 6.76. The van der Waals surface area contributed by atoms with Crippen molar-refractivity contribution in [1.29, 1.82) is 0 Å². The van der Waals surface area contributed by atoms with Crippen LogP contribution >= 0.6 is 0 Å². The molecule has 2 amide bonds. The van der Waals surface area contributed by atoms with E-state index in [0.717, 1.165) is 6.42 Å². The van der Waals surface area contributed by atoms with Crippen LogP contribution in [-0.4, -0.2) is 35.1 Å². The number of nitrogens with zero attached hydrogens (tertiary/aromatic N) is 2. The molecule has 1 aliphatic heterocycles. The van der Waals surface area contributed by atoms with Crippen LogP contribution < -0.4 is 9.64 Å². The molecule has 2 bridgehead atoms. The molecule has 0 N–H and O–H groups in total. The van der Waals surface area contributed by atoms with Crippen LogP contribution in [0.3, 0.4) is 0 Å². The van der Waals surface area contributed by atoms with Gasteiger partial charge in [-0.2, -0.15) is 0 Å². The molecule has 0 radical (unpaired) electrons. The van der Waals surface area contributed by atoms with E-state index in [1.165, 1.54) is 53.4 Å². The third-order valence-electron chi connectivity index (χ3n) is 8.80. The average Bonchev–Trinajstić information content (AvgIpc) is 3.79. The highest BCUT2D eigenvalue weighted by atomic mass is 16.6. The van der Waals surface area contributed by atoms with E-state index in [9.17, 15) is 29.3 Å². The highest BCUT2D eigenvalue weighted by Gasteiger charge is 2.67. The Kier molecular flexibility index (Phi) is 6.00. The maximum absolute atomic E-state index is 13.4. The number of non-ortho nitro benzene ring substituents is 1. The quantitative estimate of drug-likeness (QED) is 0.0934. The first-order chi connectivity index (χ1) is 20.3. The molecule has 2 saturated carbocycles. The molecule has 4 aliphatic carbocycles. The molecule has 6 atom stereocenters. The molecule has 0 spiro atoms. The van der Waals surface area contributed by atoms with Gasteiger partial charge in [0.05, 0.1) is 28.0 Å². The molecule has 10 heteroatoms. The molecule has 3 fully saturated rings. The van der Waals surface area contributed by atoms with Gasteiger partial charge in [0.2, 0.25) is 11.8 Å². The Morgan fingerprint density at radius 3 is 2.02 bits per heavy atom. The standard InChI is InChI=1S/C32H24N2O8/c35-27(17-4-8-21(9-5-17)42-22-10-6-19(7-11-22)34(39)40)16-41-32(38)18-2-1-3-20(14-18)33-30(36)28-23-12-13-24(26-15-25(23)26)29(28)31(33)37/h1-14,23-26,28-29H,15-16H2. The maximum atomic E-state index is 13.4. The third-order valence-corrected chi connectivity index (χ3v) is 8.80. The number of carbonyl (C=O) groups is 4. The zero-order chi connectivity index (χ0) is 29.1. The van der Waals surface area contributed by atoms with Crippen LogP contribution in [0.4, 0.5) is 11.4 Å². The molecule has 0 aromatic heterocycles. The van der Waals surface area contributed by atoms with Crippen LogP contribution in [0.15, 0.2) is 84.9 Å². The van der Waals surface area contributed by atoms with Crippen LogP contribution in [0.1, 0.15) is 27.1 Å². The van der Waals surface area contributed by atoms with Crippen molar-refractivity contribution in [3.05, 3.63) is 106 Å². The number of imide groups is 1. The van der Waals surface area contributed by atoms with E-state index < -0.39 is 23.3 Å². The molecule has 42 heavy (non-hydrogen) atoms. The van der Waals surface area contributed by atoms with E-state index in [1.807, 2.05) is 0 Å². The molecule has 8 rings (SSSR count). The normalized spacial score (nSPS) is 26.4. The zero-order valence-electron chi connectivity index (χ0n) is 22.1. The number of hydrogen-bond donors (Lipinski definition) is 0. The summed E-state index contributed by atoms with van der Waals surface area (Å²) in [5.74, 6) is -0.264. The number of allylic oxidation sites excluding steroid dienone is 2. The summed E-state index contributed by atoms with van der Waals surface area (Å²) in [5.41, 5.74) is 0.703. The first kappa shape index (κ1) is 25.8. The molecule has 3 aromatic rings. The predicted molar refractivity (Wildman–Crippen MR) is 148 cm³/mol. The number of hydrogen-bond acceptors (Lipinski definition) is 8.